The Morgan fingerprint density at radius 1 is 1.04 bits per heavy atom. The molecule has 1 fully saturated rings. The van der Waals surface area contributed by atoms with E-state index in [1.165, 1.54) is 4.31 Å². The summed E-state index contributed by atoms with van der Waals surface area (Å²) in [5.74, 6) is -0.0434. The van der Waals surface area contributed by atoms with Gasteiger partial charge in [0.15, 0.2) is 0 Å². The summed E-state index contributed by atoms with van der Waals surface area (Å²) in [6.07, 6.45) is 1.54. The number of benzene rings is 2. The zero-order chi connectivity index (χ0) is 19.7. The summed E-state index contributed by atoms with van der Waals surface area (Å²) in [4.78, 5) is 12.5. The highest BCUT2D eigenvalue weighted by molar-refractivity contribution is 7.92. The van der Waals surface area contributed by atoms with E-state index in [1.54, 1.807) is 24.3 Å². The van der Waals surface area contributed by atoms with Crippen molar-refractivity contribution in [1.82, 2.24) is 0 Å². The Morgan fingerprint density at radius 2 is 1.74 bits per heavy atom. The average molecular weight is 387 g/mol. The Kier molecular flexibility index (Phi) is 5.29. The number of carbonyl (C=O) groups excluding carboxylic acids is 1. The molecule has 0 atom stereocenters. The van der Waals surface area contributed by atoms with Gasteiger partial charge in [-0.15, -0.1) is 0 Å². The maximum atomic E-state index is 12.5. The largest absolute Gasteiger partial charge is 0.322 e. The third kappa shape index (κ3) is 4.50. The number of nitrogens with zero attached hydrogens (tertiary/aromatic N) is 1. The van der Waals surface area contributed by atoms with Crippen LogP contribution in [0.1, 0.15) is 49.5 Å². The van der Waals surface area contributed by atoms with Crippen LogP contribution in [0, 0.1) is 0 Å². The summed E-state index contributed by atoms with van der Waals surface area (Å²) in [7, 11) is -3.27. The van der Waals surface area contributed by atoms with E-state index in [1.807, 2.05) is 24.3 Å². The molecule has 0 saturated carbocycles. The molecule has 0 aliphatic carbocycles. The normalized spacial score (nSPS) is 16.8. The van der Waals surface area contributed by atoms with Crippen LogP contribution in [-0.2, 0) is 15.4 Å². The molecule has 0 aromatic heterocycles. The molecule has 0 bridgehead atoms. The van der Waals surface area contributed by atoms with Crippen LogP contribution >= 0.6 is 0 Å². The average Bonchev–Trinajstić information content (AvgIpc) is 2.61. The molecule has 1 N–H and O–H groups in total. The second kappa shape index (κ2) is 7.35. The first kappa shape index (κ1) is 19.4. The monoisotopic (exact) mass is 386 g/mol. The predicted molar refractivity (Wildman–Crippen MR) is 110 cm³/mol. The van der Waals surface area contributed by atoms with Gasteiger partial charge in [-0.3, -0.25) is 9.10 Å². The second-order valence-corrected chi connectivity index (χ2v) is 9.94. The van der Waals surface area contributed by atoms with E-state index in [-0.39, 0.29) is 17.1 Å². The maximum absolute atomic E-state index is 12.5. The molecule has 6 heteroatoms. The summed E-state index contributed by atoms with van der Waals surface area (Å²) in [6.45, 7) is 6.86. The van der Waals surface area contributed by atoms with Gasteiger partial charge in [0.1, 0.15) is 0 Å². The van der Waals surface area contributed by atoms with Crippen molar-refractivity contribution in [2.75, 3.05) is 21.9 Å². The van der Waals surface area contributed by atoms with Crippen molar-refractivity contribution in [2.24, 2.45) is 0 Å². The molecule has 0 radical (unpaired) electrons. The Balaban J connectivity index is 1.77. The SMILES string of the molecule is CC(C)(C)c1ccc(C(=O)Nc2cccc(N3CCCCS3(=O)=O)c2)cc1. The Hall–Kier alpha value is -2.34. The summed E-state index contributed by atoms with van der Waals surface area (Å²) >= 11 is 0. The molecule has 0 unspecified atom stereocenters. The van der Waals surface area contributed by atoms with E-state index < -0.39 is 10.0 Å². The number of hydrogen-bond acceptors (Lipinski definition) is 3. The van der Waals surface area contributed by atoms with Gasteiger partial charge < -0.3 is 5.32 Å². The molecule has 2 aromatic carbocycles. The van der Waals surface area contributed by atoms with E-state index in [0.717, 1.165) is 12.0 Å². The van der Waals surface area contributed by atoms with Crippen LogP contribution in [-0.4, -0.2) is 26.6 Å². The fourth-order valence-electron chi connectivity index (χ4n) is 3.14. The molecule has 27 heavy (non-hydrogen) atoms. The first-order chi connectivity index (χ1) is 12.7. The van der Waals surface area contributed by atoms with Crippen molar-refractivity contribution in [1.29, 1.82) is 0 Å². The van der Waals surface area contributed by atoms with Gasteiger partial charge in [-0.1, -0.05) is 39.0 Å². The zero-order valence-electron chi connectivity index (χ0n) is 16.0. The van der Waals surface area contributed by atoms with Gasteiger partial charge in [-0.25, -0.2) is 8.42 Å². The van der Waals surface area contributed by atoms with Crippen LogP contribution < -0.4 is 9.62 Å². The van der Waals surface area contributed by atoms with Gasteiger partial charge in [-0.05, 0) is 54.2 Å². The molecule has 1 aliphatic rings. The first-order valence-corrected chi connectivity index (χ1v) is 10.8. The minimum absolute atomic E-state index is 0.0310. The Bertz CT molecular complexity index is 929. The molecule has 1 saturated heterocycles. The molecule has 3 rings (SSSR count). The number of anilines is 2. The quantitative estimate of drug-likeness (QED) is 0.861. The van der Waals surface area contributed by atoms with Gasteiger partial charge in [0.05, 0.1) is 11.4 Å². The fraction of sp³-hybridized carbons (Fsp3) is 0.381. The standard InChI is InChI=1S/C21H26N2O3S/c1-21(2,3)17-11-9-16(10-12-17)20(24)22-18-7-6-8-19(15-18)23-13-4-5-14-27(23,25)26/h6-12,15H,4-5,13-14H2,1-3H3,(H,22,24). The van der Waals surface area contributed by atoms with Crippen LogP contribution in [0.25, 0.3) is 0 Å². The highest BCUT2D eigenvalue weighted by atomic mass is 32.2. The van der Waals surface area contributed by atoms with Crippen molar-refractivity contribution < 1.29 is 13.2 Å². The Morgan fingerprint density at radius 3 is 2.37 bits per heavy atom. The van der Waals surface area contributed by atoms with E-state index >= 15 is 0 Å². The third-order valence-electron chi connectivity index (χ3n) is 4.75. The number of rotatable bonds is 3. The van der Waals surface area contributed by atoms with E-state index in [9.17, 15) is 13.2 Å². The Labute approximate surface area is 161 Å². The maximum Gasteiger partial charge on any atom is 0.255 e. The number of hydrogen-bond donors (Lipinski definition) is 1. The fourth-order valence-corrected chi connectivity index (χ4v) is 4.77. The van der Waals surface area contributed by atoms with E-state index in [0.29, 0.717) is 29.9 Å². The molecule has 1 amide bonds. The topological polar surface area (TPSA) is 66.5 Å². The van der Waals surface area contributed by atoms with Crippen LogP contribution in [0.2, 0.25) is 0 Å². The zero-order valence-corrected chi connectivity index (χ0v) is 16.8. The van der Waals surface area contributed by atoms with Gasteiger partial charge in [0.25, 0.3) is 5.91 Å². The first-order valence-electron chi connectivity index (χ1n) is 9.19. The van der Waals surface area contributed by atoms with Gasteiger partial charge in [0, 0.05) is 17.8 Å². The molecule has 0 spiro atoms. The minimum atomic E-state index is -3.27. The third-order valence-corrected chi connectivity index (χ3v) is 6.62. The lowest BCUT2D eigenvalue weighted by molar-refractivity contribution is 0.102. The molecule has 1 heterocycles. The van der Waals surface area contributed by atoms with Crippen LogP contribution in [0.3, 0.4) is 0 Å². The van der Waals surface area contributed by atoms with Crippen molar-refractivity contribution in [2.45, 2.75) is 39.0 Å². The lowest BCUT2D eigenvalue weighted by atomic mass is 9.87. The van der Waals surface area contributed by atoms with Crippen LogP contribution in [0.4, 0.5) is 11.4 Å². The molecule has 2 aromatic rings. The highest BCUT2D eigenvalue weighted by Gasteiger charge is 2.26. The number of amides is 1. The molecule has 1 aliphatic heterocycles. The molecule has 5 nitrogen and oxygen atoms in total. The number of nitrogens with one attached hydrogen (secondary N) is 1. The number of carbonyl (C=O) groups is 1. The molecular weight excluding hydrogens is 360 g/mol. The van der Waals surface area contributed by atoms with Crippen molar-refractivity contribution in [3.05, 3.63) is 59.7 Å². The van der Waals surface area contributed by atoms with Crippen LogP contribution in [0.5, 0.6) is 0 Å². The molecular formula is C21H26N2O3S. The summed E-state index contributed by atoms with van der Waals surface area (Å²) < 4.78 is 26.0. The van der Waals surface area contributed by atoms with E-state index in [2.05, 4.69) is 26.1 Å². The van der Waals surface area contributed by atoms with Crippen molar-refractivity contribution in [3.8, 4) is 0 Å². The lowest BCUT2D eigenvalue weighted by Gasteiger charge is -2.28. The smallest absolute Gasteiger partial charge is 0.255 e. The predicted octanol–water partition coefficient (Wildman–Crippen LogP) is 4.17. The van der Waals surface area contributed by atoms with Crippen molar-refractivity contribution in [3.63, 3.8) is 0 Å². The minimum Gasteiger partial charge on any atom is -0.322 e. The highest BCUT2D eigenvalue weighted by Crippen LogP contribution is 2.26. The summed E-state index contributed by atoms with van der Waals surface area (Å²) in [5, 5.41) is 2.86. The van der Waals surface area contributed by atoms with Crippen LogP contribution in [0.15, 0.2) is 48.5 Å². The lowest BCUT2D eigenvalue weighted by Crippen LogP contribution is -2.37. The summed E-state index contributed by atoms with van der Waals surface area (Å²) in [5.41, 5.74) is 2.94. The van der Waals surface area contributed by atoms with Gasteiger partial charge in [0.2, 0.25) is 10.0 Å². The van der Waals surface area contributed by atoms with Gasteiger partial charge in [-0.2, -0.15) is 0 Å². The summed E-state index contributed by atoms with van der Waals surface area (Å²) in [6, 6.07) is 14.6. The van der Waals surface area contributed by atoms with Gasteiger partial charge >= 0.3 is 0 Å². The van der Waals surface area contributed by atoms with Crippen molar-refractivity contribution >= 4 is 27.3 Å². The van der Waals surface area contributed by atoms with E-state index in [4.69, 9.17) is 0 Å². The number of sulfonamides is 1. The molecule has 144 valence electrons. The second-order valence-electron chi connectivity index (χ2n) is 7.93.